The second-order valence-corrected chi connectivity index (χ2v) is 6.97. The Morgan fingerprint density at radius 3 is 3.05 bits per heavy atom. The van der Waals surface area contributed by atoms with E-state index in [2.05, 4.69) is 17.3 Å². The number of aryl methyl sites for hydroxylation is 1. The first-order valence-corrected chi connectivity index (χ1v) is 9.34. The van der Waals surface area contributed by atoms with E-state index in [0.717, 1.165) is 31.1 Å². The number of ether oxygens (including phenoxy) is 1. The third-order valence-corrected chi connectivity index (χ3v) is 5.42. The minimum Gasteiger partial charge on any atom is -0.378 e. The number of alkyl halides is 1. The van der Waals surface area contributed by atoms with Gasteiger partial charge >= 0.3 is 0 Å². The number of unbranched alkanes of at least 4 members (excludes halogenated alkanes) is 1. The molecule has 2 atom stereocenters. The first kappa shape index (κ1) is 16.3. The zero-order valence-corrected chi connectivity index (χ0v) is 14.0. The Hall–Kier alpha value is -0.120. The molecule has 1 aromatic rings. The largest absolute Gasteiger partial charge is 0.378 e. The third-order valence-electron chi connectivity index (χ3n) is 4.19. The standard InChI is InChI=1S/C16H26ClNOS/c1-2-13-6-5-7-15(10-13)19-9-4-3-8-16-18-14(11-17)12-20-16/h12-13,15H,2-11H2,1H3. The molecular weight excluding hydrogens is 290 g/mol. The summed E-state index contributed by atoms with van der Waals surface area (Å²) in [6.45, 7) is 3.21. The van der Waals surface area contributed by atoms with Crippen molar-refractivity contribution >= 4 is 22.9 Å². The van der Waals surface area contributed by atoms with Crippen molar-refractivity contribution in [1.82, 2.24) is 4.98 Å². The Morgan fingerprint density at radius 1 is 1.40 bits per heavy atom. The van der Waals surface area contributed by atoms with E-state index in [1.807, 2.05) is 0 Å². The average molecular weight is 316 g/mol. The highest BCUT2D eigenvalue weighted by atomic mass is 35.5. The number of hydrogen-bond donors (Lipinski definition) is 0. The maximum atomic E-state index is 6.04. The molecule has 1 heterocycles. The van der Waals surface area contributed by atoms with Crippen LogP contribution in [0.25, 0.3) is 0 Å². The van der Waals surface area contributed by atoms with Crippen molar-refractivity contribution in [1.29, 1.82) is 0 Å². The maximum absolute atomic E-state index is 6.04. The van der Waals surface area contributed by atoms with Gasteiger partial charge in [-0.25, -0.2) is 4.98 Å². The minimum atomic E-state index is 0.524. The lowest BCUT2D eigenvalue weighted by molar-refractivity contribution is 0.0109. The number of halogens is 1. The van der Waals surface area contributed by atoms with Gasteiger partial charge < -0.3 is 4.74 Å². The third kappa shape index (κ3) is 5.34. The van der Waals surface area contributed by atoms with E-state index < -0.39 is 0 Å². The van der Waals surface area contributed by atoms with Crippen molar-refractivity contribution in [3.63, 3.8) is 0 Å². The highest BCUT2D eigenvalue weighted by Crippen LogP contribution is 2.28. The summed E-state index contributed by atoms with van der Waals surface area (Å²) in [6.07, 6.45) is 10.5. The molecule has 114 valence electrons. The van der Waals surface area contributed by atoms with Crippen molar-refractivity contribution in [2.24, 2.45) is 5.92 Å². The number of hydrogen-bond acceptors (Lipinski definition) is 3. The Morgan fingerprint density at radius 2 is 2.30 bits per heavy atom. The lowest BCUT2D eigenvalue weighted by Gasteiger charge is -2.28. The van der Waals surface area contributed by atoms with Gasteiger partial charge in [-0.15, -0.1) is 22.9 Å². The topological polar surface area (TPSA) is 22.1 Å². The highest BCUT2D eigenvalue weighted by molar-refractivity contribution is 7.09. The molecule has 1 saturated carbocycles. The van der Waals surface area contributed by atoms with Gasteiger partial charge in [0.15, 0.2) is 0 Å². The Balaban J connectivity index is 1.55. The van der Waals surface area contributed by atoms with Crippen molar-refractivity contribution in [2.75, 3.05) is 6.61 Å². The second kappa shape index (κ2) is 9.01. The Labute approximate surface area is 131 Å². The maximum Gasteiger partial charge on any atom is 0.0928 e. The monoisotopic (exact) mass is 315 g/mol. The summed E-state index contributed by atoms with van der Waals surface area (Å²) in [4.78, 5) is 4.48. The molecule has 4 heteroatoms. The number of aromatic nitrogens is 1. The van der Waals surface area contributed by atoms with Gasteiger partial charge in [-0.3, -0.25) is 0 Å². The molecule has 2 nitrogen and oxygen atoms in total. The van der Waals surface area contributed by atoms with E-state index in [-0.39, 0.29) is 0 Å². The lowest BCUT2D eigenvalue weighted by atomic mass is 9.85. The molecule has 0 aliphatic heterocycles. The molecule has 1 fully saturated rings. The summed E-state index contributed by atoms with van der Waals surface area (Å²) in [5, 5.41) is 3.27. The van der Waals surface area contributed by atoms with Crippen LogP contribution in [0.3, 0.4) is 0 Å². The fourth-order valence-electron chi connectivity index (χ4n) is 2.92. The average Bonchev–Trinajstić information content (AvgIpc) is 2.95. The molecule has 1 aliphatic rings. The van der Waals surface area contributed by atoms with Crippen LogP contribution in [0.5, 0.6) is 0 Å². The second-order valence-electron chi connectivity index (χ2n) is 5.76. The summed E-state index contributed by atoms with van der Waals surface area (Å²) < 4.78 is 6.04. The quantitative estimate of drug-likeness (QED) is 0.486. The number of rotatable bonds is 8. The summed E-state index contributed by atoms with van der Waals surface area (Å²) in [5.41, 5.74) is 1.01. The molecule has 0 spiro atoms. The molecule has 1 aliphatic carbocycles. The van der Waals surface area contributed by atoms with Crippen LogP contribution in [0.2, 0.25) is 0 Å². The molecule has 2 unspecified atom stereocenters. The van der Waals surface area contributed by atoms with E-state index in [0.29, 0.717) is 12.0 Å². The van der Waals surface area contributed by atoms with Gasteiger partial charge in [-0.2, -0.15) is 0 Å². The number of thiazole rings is 1. The predicted molar refractivity (Wildman–Crippen MR) is 86.6 cm³/mol. The molecule has 0 saturated heterocycles. The van der Waals surface area contributed by atoms with Crippen molar-refractivity contribution in [2.45, 2.75) is 70.3 Å². The summed E-state index contributed by atoms with van der Waals surface area (Å²) in [7, 11) is 0. The van der Waals surface area contributed by atoms with Gasteiger partial charge in [0.2, 0.25) is 0 Å². The van der Waals surface area contributed by atoms with E-state index in [4.69, 9.17) is 16.3 Å². The van der Waals surface area contributed by atoms with Crippen LogP contribution in [0, 0.1) is 5.92 Å². The normalized spacial score (nSPS) is 23.1. The van der Waals surface area contributed by atoms with E-state index in [9.17, 15) is 0 Å². The zero-order valence-electron chi connectivity index (χ0n) is 12.4. The van der Waals surface area contributed by atoms with E-state index in [1.165, 1.54) is 43.5 Å². The van der Waals surface area contributed by atoms with Crippen LogP contribution in [0.1, 0.15) is 62.6 Å². The molecule has 0 bridgehead atoms. The summed E-state index contributed by atoms with van der Waals surface area (Å²) >= 11 is 7.48. The molecule has 0 aromatic carbocycles. The Kier molecular flexibility index (Phi) is 7.32. The van der Waals surface area contributed by atoms with Crippen molar-refractivity contribution in [3.05, 3.63) is 16.1 Å². The SMILES string of the molecule is CCC1CCCC(OCCCCc2nc(CCl)cs2)C1. The van der Waals surface area contributed by atoms with Gasteiger partial charge in [-0.1, -0.05) is 26.2 Å². The minimum absolute atomic E-state index is 0.524. The van der Waals surface area contributed by atoms with Gasteiger partial charge in [0, 0.05) is 12.0 Å². The molecule has 1 aromatic heterocycles. The fourth-order valence-corrected chi connectivity index (χ4v) is 3.99. The Bertz CT molecular complexity index is 382. The number of nitrogens with zero attached hydrogens (tertiary/aromatic N) is 1. The predicted octanol–water partition coefficient (Wildman–Crippen LogP) is 5.19. The van der Waals surface area contributed by atoms with Crippen molar-refractivity contribution < 1.29 is 4.74 Å². The van der Waals surface area contributed by atoms with Crippen LogP contribution in [0.4, 0.5) is 0 Å². The van der Waals surface area contributed by atoms with E-state index >= 15 is 0 Å². The molecule has 20 heavy (non-hydrogen) atoms. The van der Waals surface area contributed by atoms with Gasteiger partial charge in [0.25, 0.3) is 0 Å². The van der Waals surface area contributed by atoms with Crippen molar-refractivity contribution in [3.8, 4) is 0 Å². The smallest absolute Gasteiger partial charge is 0.0928 e. The molecule has 0 N–H and O–H groups in total. The van der Waals surface area contributed by atoms with Gasteiger partial charge in [0.05, 0.1) is 22.7 Å². The van der Waals surface area contributed by atoms with Crippen LogP contribution in [-0.4, -0.2) is 17.7 Å². The molecular formula is C16H26ClNOS. The fraction of sp³-hybridized carbons (Fsp3) is 0.812. The van der Waals surface area contributed by atoms with Crippen LogP contribution in [0.15, 0.2) is 5.38 Å². The lowest BCUT2D eigenvalue weighted by Crippen LogP contribution is -2.23. The summed E-state index contributed by atoms with van der Waals surface area (Å²) in [5.74, 6) is 1.43. The van der Waals surface area contributed by atoms with Gasteiger partial charge in [-0.05, 0) is 38.0 Å². The molecule has 0 radical (unpaired) electrons. The zero-order chi connectivity index (χ0) is 14.2. The first-order valence-electron chi connectivity index (χ1n) is 7.92. The van der Waals surface area contributed by atoms with Gasteiger partial charge in [0.1, 0.15) is 0 Å². The molecule has 0 amide bonds. The summed E-state index contributed by atoms with van der Waals surface area (Å²) in [6, 6.07) is 0. The van der Waals surface area contributed by atoms with E-state index in [1.54, 1.807) is 11.3 Å². The van der Waals surface area contributed by atoms with Crippen LogP contribution in [-0.2, 0) is 17.0 Å². The highest BCUT2D eigenvalue weighted by Gasteiger charge is 2.20. The molecule has 2 rings (SSSR count). The first-order chi connectivity index (χ1) is 9.81. The van der Waals surface area contributed by atoms with Crippen LogP contribution >= 0.6 is 22.9 Å². The van der Waals surface area contributed by atoms with Crippen LogP contribution < -0.4 is 0 Å².